The predicted octanol–water partition coefficient (Wildman–Crippen LogP) is 0.504. The van der Waals surface area contributed by atoms with E-state index >= 15 is 0 Å². The molecule has 2 amide bonds. The quantitative estimate of drug-likeness (QED) is 0.635. The van der Waals surface area contributed by atoms with E-state index in [9.17, 15) is 14.7 Å². The highest BCUT2D eigenvalue weighted by Gasteiger charge is 2.10. The fraction of sp³-hybridized carbons (Fsp3) is 0.167. The number of benzene rings is 1. The molecule has 0 unspecified atom stereocenters. The molecule has 0 aliphatic rings. The lowest BCUT2D eigenvalue weighted by molar-refractivity contribution is 0.0694. The number of amides is 2. The van der Waals surface area contributed by atoms with Gasteiger partial charge in [-0.2, -0.15) is 0 Å². The van der Waals surface area contributed by atoms with Crippen molar-refractivity contribution in [3.05, 3.63) is 36.2 Å². The Hall–Kier alpha value is -3.10. The topological polar surface area (TPSA) is 129 Å². The number of aromatic carboxylic acids is 1. The summed E-state index contributed by atoms with van der Waals surface area (Å²) in [7, 11) is 0. The van der Waals surface area contributed by atoms with Gasteiger partial charge < -0.3 is 20.8 Å². The lowest BCUT2D eigenvalue weighted by atomic mass is 10.2. The fourth-order valence-corrected chi connectivity index (χ4v) is 1.60. The van der Waals surface area contributed by atoms with Crippen LogP contribution in [-0.4, -0.2) is 43.8 Å². The molecular weight excluding hydrogens is 278 g/mol. The van der Waals surface area contributed by atoms with Gasteiger partial charge in [-0.15, -0.1) is 5.10 Å². The second-order valence-electron chi connectivity index (χ2n) is 4.08. The van der Waals surface area contributed by atoms with Crippen molar-refractivity contribution in [2.24, 2.45) is 0 Å². The van der Waals surface area contributed by atoms with Gasteiger partial charge in [0.2, 0.25) is 0 Å². The van der Waals surface area contributed by atoms with E-state index in [1.807, 2.05) is 0 Å². The lowest BCUT2D eigenvalue weighted by Gasteiger charge is -2.08. The number of rotatable bonds is 5. The van der Waals surface area contributed by atoms with Crippen molar-refractivity contribution in [1.82, 2.24) is 20.3 Å². The van der Waals surface area contributed by atoms with Gasteiger partial charge in [0.05, 0.1) is 12.7 Å². The largest absolute Gasteiger partial charge is 0.507 e. The Labute approximate surface area is 119 Å². The van der Waals surface area contributed by atoms with E-state index in [2.05, 4.69) is 20.9 Å². The van der Waals surface area contributed by atoms with Gasteiger partial charge in [0.1, 0.15) is 11.3 Å². The van der Waals surface area contributed by atoms with Gasteiger partial charge in [0, 0.05) is 24.5 Å². The van der Waals surface area contributed by atoms with Gasteiger partial charge in [0.15, 0.2) is 0 Å². The maximum Gasteiger partial charge on any atom is 0.339 e. The van der Waals surface area contributed by atoms with Crippen LogP contribution in [-0.2, 0) is 6.54 Å². The summed E-state index contributed by atoms with van der Waals surface area (Å²) in [5.41, 5.74) is 0.0582. The molecule has 4 N–H and O–H groups in total. The second kappa shape index (κ2) is 6.37. The Balaban J connectivity index is 1.85. The van der Waals surface area contributed by atoms with Gasteiger partial charge in [-0.05, 0) is 12.1 Å². The highest BCUT2D eigenvalue weighted by atomic mass is 16.4. The number of carboxylic acids is 1. The Morgan fingerprint density at radius 2 is 2.14 bits per heavy atom. The highest BCUT2D eigenvalue weighted by molar-refractivity contribution is 5.93. The van der Waals surface area contributed by atoms with Crippen LogP contribution in [0.3, 0.4) is 0 Å². The Bertz CT molecular complexity index is 641. The molecule has 0 spiro atoms. The normalized spacial score (nSPS) is 10.1. The number of hydrogen-bond acceptors (Lipinski definition) is 5. The average Bonchev–Trinajstić information content (AvgIpc) is 2.91. The van der Waals surface area contributed by atoms with Gasteiger partial charge in [-0.25, -0.2) is 9.59 Å². The van der Waals surface area contributed by atoms with Gasteiger partial charge in [-0.1, -0.05) is 5.21 Å². The monoisotopic (exact) mass is 291 g/mol. The number of hydrogen-bond donors (Lipinski definition) is 4. The summed E-state index contributed by atoms with van der Waals surface area (Å²) in [6.07, 6.45) is 3.20. The summed E-state index contributed by atoms with van der Waals surface area (Å²) >= 11 is 0. The van der Waals surface area contributed by atoms with Crippen LogP contribution >= 0.6 is 0 Å². The van der Waals surface area contributed by atoms with Gasteiger partial charge in [-0.3, -0.25) is 4.68 Å². The summed E-state index contributed by atoms with van der Waals surface area (Å²) in [6, 6.07) is 3.29. The van der Waals surface area contributed by atoms with E-state index in [1.165, 1.54) is 24.4 Å². The third kappa shape index (κ3) is 3.93. The van der Waals surface area contributed by atoms with Crippen molar-refractivity contribution in [2.75, 3.05) is 11.9 Å². The third-order valence-corrected chi connectivity index (χ3v) is 2.58. The molecule has 0 fully saturated rings. The van der Waals surface area contributed by atoms with Crippen LogP contribution in [0.5, 0.6) is 5.75 Å². The molecule has 9 heteroatoms. The Morgan fingerprint density at radius 3 is 2.76 bits per heavy atom. The maximum absolute atomic E-state index is 11.6. The van der Waals surface area contributed by atoms with E-state index in [1.54, 1.807) is 10.9 Å². The molecule has 2 rings (SSSR count). The first-order valence-electron chi connectivity index (χ1n) is 6.01. The third-order valence-electron chi connectivity index (χ3n) is 2.58. The predicted molar refractivity (Wildman–Crippen MR) is 72.1 cm³/mol. The molecule has 0 saturated heterocycles. The molecule has 1 aromatic carbocycles. The molecule has 9 nitrogen and oxygen atoms in total. The number of urea groups is 1. The highest BCUT2D eigenvalue weighted by Crippen LogP contribution is 2.21. The first kappa shape index (κ1) is 14.3. The molecule has 0 aliphatic heterocycles. The number of carboxylic acid groups (broad SMARTS) is 1. The molecule has 21 heavy (non-hydrogen) atoms. The molecule has 110 valence electrons. The van der Waals surface area contributed by atoms with Crippen LogP contribution in [0, 0.1) is 0 Å². The molecule has 0 aliphatic carbocycles. The number of carbonyl (C=O) groups is 2. The SMILES string of the molecule is O=C(NCCn1ccnn1)Nc1ccc(C(=O)O)c(O)c1. The molecule has 2 aromatic rings. The number of nitrogens with zero attached hydrogens (tertiary/aromatic N) is 3. The minimum absolute atomic E-state index is 0.229. The van der Waals surface area contributed by atoms with Crippen molar-refractivity contribution in [3.63, 3.8) is 0 Å². The lowest BCUT2D eigenvalue weighted by Crippen LogP contribution is -2.31. The number of anilines is 1. The van der Waals surface area contributed by atoms with Crippen LogP contribution in [0.1, 0.15) is 10.4 Å². The van der Waals surface area contributed by atoms with Crippen LogP contribution in [0.15, 0.2) is 30.6 Å². The molecule has 0 saturated carbocycles. The van der Waals surface area contributed by atoms with E-state index in [-0.39, 0.29) is 11.3 Å². The molecule has 0 radical (unpaired) electrons. The van der Waals surface area contributed by atoms with Gasteiger partial charge >= 0.3 is 12.0 Å². The van der Waals surface area contributed by atoms with Gasteiger partial charge in [0.25, 0.3) is 0 Å². The van der Waals surface area contributed by atoms with Crippen LogP contribution in [0.4, 0.5) is 10.5 Å². The van der Waals surface area contributed by atoms with E-state index in [4.69, 9.17) is 5.11 Å². The van der Waals surface area contributed by atoms with Crippen molar-refractivity contribution in [1.29, 1.82) is 0 Å². The van der Waals surface area contributed by atoms with Crippen molar-refractivity contribution in [3.8, 4) is 5.75 Å². The number of nitrogens with one attached hydrogen (secondary N) is 2. The molecular formula is C12H13N5O4. The summed E-state index contributed by atoms with van der Waals surface area (Å²) < 4.78 is 1.56. The minimum atomic E-state index is -1.24. The zero-order valence-electron chi connectivity index (χ0n) is 10.9. The van der Waals surface area contributed by atoms with E-state index in [0.717, 1.165) is 0 Å². The Morgan fingerprint density at radius 1 is 1.33 bits per heavy atom. The minimum Gasteiger partial charge on any atom is -0.507 e. The van der Waals surface area contributed by atoms with Crippen molar-refractivity contribution < 1.29 is 19.8 Å². The van der Waals surface area contributed by atoms with E-state index in [0.29, 0.717) is 13.1 Å². The zero-order chi connectivity index (χ0) is 15.2. The maximum atomic E-state index is 11.6. The summed E-state index contributed by atoms with van der Waals surface area (Å²) in [6.45, 7) is 0.811. The Kier molecular flexibility index (Phi) is 4.34. The number of phenols is 1. The zero-order valence-corrected chi connectivity index (χ0v) is 10.9. The second-order valence-corrected chi connectivity index (χ2v) is 4.08. The number of aromatic nitrogens is 3. The van der Waals surface area contributed by atoms with Crippen LogP contribution in [0.2, 0.25) is 0 Å². The standard InChI is InChI=1S/C12H13N5O4/c18-10-7-8(1-2-9(10)11(19)20)15-12(21)13-3-5-17-6-4-14-16-17/h1-2,4,6-7,18H,3,5H2,(H,19,20)(H2,13,15,21). The number of aromatic hydroxyl groups is 1. The van der Waals surface area contributed by atoms with Crippen LogP contribution < -0.4 is 10.6 Å². The molecule has 1 aromatic heterocycles. The average molecular weight is 291 g/mol. The molecule has 0 bridgehead atoms. The summed E-state index contributed by atoms with van der Waals surface area (Å²) in [4.78, 5) is 22.3. The summed E-state index contributed by atoms with van der Waals surface area (Å²) in [5, 5.41) is 30.7. The van der Waals surface area contributed by atoms with Crippen LogP contribution in [0.25, 0.3) is 0 Å². The molecule has 1 heterocycles. The first-order chi connectivity index (χ1) is 10.1. The smallest absolute Gasteiger partial charge is 0.339 e. The van der Waals surface area contributed by atoms with Crippen molar-refractivity contribution >= 4 is 17.7 Å². The summed E-state index contributed by atoms with van der Waals surface area (Å²) in [5.74, 6) is -1.65. The number of carbonyl (C=O) groups excluding carboxylic acids is 1. The fourth-order valence-electron chi connectivity index (χ4n) is 1.60. The van der Waals surface area contributed by atoms with Crippen molar-refractivity contribution in [2.45, 2.75) is 6.54 Å². The van der Waals surface area contributed by atoms with E-state index < -0.39 is 17.7 Å². The first-order valence-corrected chi connectivity index (χ1v) is 6.01. The molecule has 0 atom stereocenters.